The van der Waals surface area contributed by atoms with Crippen molar-refractivity contribution >= 4 is 19.7 Å². The molecule has 0 N–H and O–H groups in total. The highest BCUT2D eigenvalue weighted by atomic mass is 35.7. The van der Waals surface area contributed by atoms with Crippen molar-refractivity contribution in [1.82, 2.24) is 0 Å². The van der Waals surface area contributed by atoms with Gasteiger partial charge in [-0.25, -0.2) is 8.42 Å². The smallest absolute Gasteiger partial charge is 0.212 e. The quantitative estimate of drug-likeness (QED) is 0.690. The Balaban J connectivity index is 2.53. The zero-order valence-corrected chi connectivity index (χ0v) is 10.7. The Bertz CT molecular complexity index is 291. The highest BCUT2D eigenvalue weighted by molar-refractivity contribution is 8.15. The maximum atomic E-state index is 11.3. The summed E-state index contributed by atoms with van der Waals surface area (Å²) in [5.74, 6) is 1.07. The van der Waals surface area contributed by atoms with Crippen LogP contribution in [0.4, 0.5) is 0 Å². The molecule has 1 unspecified atom stereocenters. The molecule has 0 aromatic heterocycles. The summed E-state index contributed by atoms with van der Waals surface area (Å²) in [4.78, 5) is 0. The standard InChI is InChI=1S/C10H19ClO2S/c1-8(2)6-9(3)7-10(4-5-10)14(11,12)13/h8-9H,4-7H2,1-3H3. The normalized spacial score (nSPS) is 22.4. The van der Waals surface area contributed by atoms with E-state index in [-0.39, 0.29) is 0 Å². The Kier molecular flexibility index (Phi) is 3.53. The van der Waals surface area contributed by atoms with Gasteiger partial charge in [0.15, 0.2) is 0 Å². The molecule has 2 nitrogen and oxygen atoms in total. The lowest BCUT2D eigenvalue weighted by atomic mass is 9.94. The Morgan fingerprint density at radius 1 is 1.29 bits per heavy atom. The van der Waals surface area contributed by atoms with Gasteiger partial charge < -0.3 is 0 Å². The zero-order chi connectivity index (χ0) is 11.0. The van der Waals surface area contributed by atoms with Crippen molar-refractivity contribution in [3.05, 3.63) is 0 Å². The molecule has 0 heterocycles. The van der Waals surface area contributed by atoms with Crippen molar-refractivity contribution in [2.24, 2.45) is 11.8 Å². The predicted molar refractivity (Wildman–Crippen MR) is 60.0 cm³/mol. The third-order valence-electron chi connectivity index (χ3n) is 2.92. The van der Waals surface area contributed by atoms with Crippen LogP contribution in [0.5, 0.6) is 0 Å². The van der Waals surface area contributed by atoms with Crippen LogP contribution in [0.3, 0.4) is 0 Å². The van der Waals surface area contributed by atoms with Gasteiger partial charge in [0, 0.05) is 10.7 Å². The lowest BCUT2D eigenvalue weighted by Gasteiger charge is -2.18. The van der Waals surface area contributed by atoms with Gasteiger partial charge in [0.2, 0.25) is 9.05 Å². The molecule has 14 heavy (non-hydrogen) atoms. The highest BCUT2D eigenvalue weighted by Crippen LogP contribution is 2.50. The van der Waals surface area contributed by atoms with E-state index < -0.39 is 13.8 Å². The molecule has 84 valence electrons. The third kappa shape index (κ3) is 2.86. The minimum Gasteiger partial charge on any atom is -0.212 e. The molecule has 0 aliphatic heterocycles. The summed E-state index contributed by atoms with van der Waals surface area (Å²) in [6.45, 7) is 6.43. The highest BCUT2D eigenvalue weighted by Gasteiger charge is 2.53. The minimum atomic E-state index is -3.35. The second kappa shape index (κ2) is 4.01. The molecular weight excluding hydrogens is 220 g/mol. The van der Waals surface area contributed by atoms with Gasteiger partial charge in [0.1, 0.15) is 0 Å². The zero-order valence-electron chi connectivity index (χ0n) is 9.09. The molecule has 0 saturated heterocycles. The van der Waals surface area contributed by atoms with E-state index in [0.717, 1.165) is 25.7 Å². The molecule has 0 aromatic carbocycles. The van der Waals surface area contributed by atoms with E-state index in [4.69, 9.17) is 10.7 Å². The van der Waals surface area contributed by atoms with E-state index in [9.17, 15) is 8.42 Å². The summed E-state index contributed by atoms with van der Waals surface area (Å²) in [7, 11) is 2.09. The van der Waals surface area contributed by atoms with Gasteiger partial charge in [-0.2, -0.15) is 0 Å². The lowest BCUT2D eigenvalue weighted by molar-refractivity contribution is 0.401. The molecule has 1 saturated carbocycles. The largest absolute Gasteiger partial charge is 0.238 e. The topological polar surface area (TPSA) is 34.1 Å². The second-order valence-electron chi connectivity index (χ2n) is 5.06. The van der Waals surface area contributed by atoms with Crippen LogP contribution in [0, 0.1) is 11.8 Å². The van der Waals surface area contributed by atoms with Gasteiger partial charge in [-0.3, -0.25) is 0 Å². The van der Waals surface area contributed by atoms with Gasteiger partial charge in [-0.15, -0.1) is 0 Å². The first kappa shape index (κ1) is 12.3. The number of hydrogen-bond acceptors (Lipinski definition) is 2. The average molecular weight is 239 g/mol. The van der Waals surface area contributed by atoms with E-state index in [1.54, 1.807) is 0 Å². The van der Waals surface area contributed by atoms with Gasteiger partial charge in [0.05, 0.1) is 4.75 Å². The first-order chi connectivity index (χ1) is 6.27. The molecule has 1 aliphatic carbocycles. The summed E-state index contributed by atoms with van der Waals surface area (Å²) in [5.41, 5.74) is 0. The maximum absolute atomic E-state index is 11.3. The molecule has 0 amide bonds. The molecule has 0 radical (unpaired) electrons. The minimum absolute atomic E-state index is 0.450. The fourth-order valence-corrected chi connectivity index (χ4v) is 3.94. The van der Waals surface area contributed by atoms with Crippen molar-refractivity contribution < 1.29 is 8.42 Å². The SMILES string of the molecule is CC(C)CC(C)CC1(S(=O)(=O)Cl)CC1. The monoisotopic (exact) mass is 238 g/mol. The summed E-state index contributed by atoms with van der Waals surface area (Å²) in [6, 6.07) is 0. The van der Waals surface area contributed by atoms with Crippen LogP contribution in [0.25, 0.3) is 0 Å². The third-order valence-corrected chi connectivity index (χ3v) is 5.51. The van der Waals surface area contributed by atoms with E-state index in [2.05, 4.69) is 20.8 Å². The van der Waals surface area contributed by atoms with Gasteiger partial charge >= 0.3 is 0 Å². The van der Waals surface area contributed by atoms with Crippen LogP contribution in [-0.4, -0.2) is 13.2 Å². The number of hydrogen-bond donors (Lipinski definition) is 0. The number of rotatable bonds is 5. The van der Waals surface area contributed by atoms with Crippen LogP contribution < -0.4 is 0 Å². The van der Waals surface area contributed by atoms with E-state index in [0.29, 0.717) is 11.8 Å². The van der Waals surface area contributed by atoms with Crippen LogP contribution in [0.1, 0.15) is 46.5 Å². The molecule has 1 atom stereocenters. The average Bonchev–Trinajstić information content (AvgIpc) is 2.64. The summed E-state index contributed by atoms with van der Waals surface area (Å²) >= 11 is 0. The van der Waals surface area contributed by atoms with Crippen LogP contribution >= 0.6 is 10.7 Å². The molecule has 1 aliphatic rings. The molecule has 4 heteroatoms. The van der Waals surface area contributed by atoms with Crippen molar-refractivity contribution in [2.75, 3.05) is 0 Å². The van der Waals surface area contributed by atoms with E-state index in [1.165, 1.54) is 0 Å². The summed E-state index contributed by atoms with van der Waals surface area (Å²) in [5, 5.41) is 0. The van der Waals surface area contributed by atoms with Crippen molar-refractivity contribution in [1.29, 1.82) is 0 Å². The summed E-state index contributed by atoms with van der Waals surface area (Å²) < 4.78 is 22.0. The predicted octanol–water partition coefficient (Wildman–Crippen LogP) is 3.16. The maximum Gasteiger partial charge on any atom is 0.238 e. The van der Waals surface area contributed by atoms with Crippen molar-refractivity contribution in [3.8, 4) is 0 Å². The Morgan fingerprint density at radius 2 is 1.79 bits per heavy atom. The first-order valence-corrected chi connectivity index (χ1v) is 7.52. The van der Waals surface area contributed by atoms with Crippen molar-refractivity contribution in [2.45, 2.75) is 51.2 Å². The van der Waals surface area contributed by atoms with E-state index in [1.807, 2.05) is 0 Å². The fraction of sp³-hybridized carbons (Fsp3) is 1.00. The number of halogens is 1. The molecule has 1 rings (SSSR count). The van der Waals surface area contributed by atoms with Crippen LogP contribution in [0.15, 0.2) is 0 Å². The molecule has 0 spiro atoms. The second-order valence-corrected chi connectivity index (χ2v) is 8.02. The molecule has 0 bridgehead atoms. The summed E-state index contributed by atoms with van der Waals surface area (Å²) in [6.07, 6.45) is 3.31. The van der Waals surface area contributed by atoms with Crippen molar-refractivity contribution in [3.63, 3.8) is 0 Å². The molecular formula is C10H19ClO2S. The van der Waals surface area contributed by atoms with E-state index >= 15 is 0 Å². The Hall–Kier alpha value is 0.240. The van der Waals surface area contributed by atoms with Gasteiger partial charge in [-0.1, -0.05) is 20.8 Å². The fourth-order valence-electron chi connectivity index (χ4n) is 2.21. The lowest BCUT2D eigenvalue weighted by Crippen LogP contribution is -2.21. The Labute approximate surface area is 91.5 Å². The van der Waals surface area contributed by atoms with Crippen LogP contribution in [-0.2, 0) is 9.05 Å². The van der Waals surface area contributed by atoms with Gasteiger partial charge in [-0.05, 0) is 37.5 Å². The first-order valence-electron chi connectivity index (χ1n) is 5.21. The molecule has 1 fully saturated rings. The Morgan fingerprint density at radius 3 is 2.07 bits per heavy atom. The van der Waals surface area contributed by atoms with Crippen LogP contribution in [0.2, 0.25) is 0 Å². The molecule has 0 aromatic rings. The van der Waals surface area contributed by atoms with Gasteiger partial charge in [0.25, 0.3) is 0 Å².